The number of hydrogen-bond donors (Lipinski definition) is 3. The van der Waals surface area contributed by atoms with E-state index in [4.69, 9.17) is 5.73 Å². The maximum Gasteiger partial charge on any atom is 0.273 e. The van der Waals surface area contributed by atoms with E-state index < -0.39 is 0 Å². The molecule has 0 saturated carbocycles. The fourth-order valence-electron chi connectivity index (χ4n) is 1.96. The van der Waals surface area contributed by atoms with E-state index in [-0.39, 0.29) is 5.91 Å². The van der Waals surface area contributed by atoms with Crippen LogP contribution < -0.4 is 11.1 Å². The molecule has 0 unspecified atom stereocenters. The molecule has 0 bridgehead atoms. The second-order valence-electron chi connectivity index (χ2n) is 4.45. The summed E-state index contributed by atoms with van der Waals surface area (Å²) in [5, 5.41) is 9.60. The summed E-state index contributed by atoms with van der Waals surface area (Å²) in [6, 6.07) is 0. The van der Waals surface area contributed by atoms with Gasteiger partial charge < -0.3 is 16.0 Å². The second-order valence-corrected chi connectivity index (χ2v) is 4.45. The van der Waals surface area contributed by atoms with Gasteiger partial charge in [0.25, 0.3) is 5.91 Å². The third kappa shape index (κ3) is 4.24. The van der Waals surface area contributed by atoms with Crippen molar-refractivity contribution in [3.8, 4) is 0 Å². The van der Waals surface area contributed by atoms with Gasteiger partial charge in [-0.1, -0.05) is 20.8 Å². The van der Waals surface area contributed by atoms with Crippen molar-refractivity contribution in [2.45, 2.75) is 33.6 Å². The Labute approximate surface area is 114 Å². The number of aryl methyl sites for hydroxylation is 1. The zero-order valence-electron chi connectivity index (χ0n) is 12.1. The average molecular weight is 267 g/mol. The molecule has 4 N–H and O–H groups in total. The van der Waals surface area contributed by atoms with Crippen LogP contribution in [0.2, 0.25) is 0 Å². The van der Waals surface area contributed by atoms with E-state index in [1.54, 1.807) is 0 Å². The highest BCUT2D eigenvalue weighted by Gasteiger charge is 2.15. The molecule has 1 rings (SSSR count). The molecule has 1 aromatic heterocycles. The maximum absolute atomic E-state index is 11.9. The fourth-order valence-corrected chi connectivity index (χ4v) is 1.96. The molecular formula is C13H25N5O. The van der Waals surface area contributed by atoms with Crippen molar-refractivity contribution in [2.24, 2.45) is 0 Å². The van der Waals surface area contributed by atoms with Crippen LogP contribution in [0.3, 0.4) is 0 Å². The first-order valence-corrected chi connectivity index (χ1v) is 6.97. The smallest absolute Gasteiger partial charge is 0.273 e. The Bertz CT molecular complexity index is 398. The summed E-state index contributed by atoms with van der Waals surface area (Å²) in [5.74, 6) is -0.201. The number of nitrogens with two attached hydrogens (primary N) is 1. The molecule has 1 aromatic rings. The number of amides is 1. The summed E-state index contributed by atoms with van der Waals surface area (Å²) < 4.78 is 0. The molecular weight excluding hydrogens is 242 g/mol. The van der Waals surface area contributed by atoms with E-state index in [2.05, 4.69) is 34.3 Å². The SMILES string of the molecule is CCc1[nH]nc(C(=O)NCCCN(CC)CC)c1N. The lowest BCUT2D eigenvalue weighted by Gasteiger charge is -2.17. The fraction of sp³-hybridized carbons (Fsp3) is 0.692. The number of anilines is 1. The number of aromatic nitrogens is 2. The Morgan fingerprint density at radius 3 is 2.58 bits per heavy atom. The van der Waals surface area contributed by atoms with Gasteiger partial charge in [0.05, 0.1) is 11.4 Å². The summed E-state index contributed by atoms with van der Waals surface area (Å²) in [4.78, 5) is 14.2. The number of carbonyl (C=O) groups excluding carboxylic acids is 1. The number of nitrogens with zero attached hydrogens (tertiary/aromatic N) is 2. The van der Waals surface area contributed by atoms with Crippen LogP contribution in [0.1, 0.15) is 43.4 Å². The second kappa shape index (κ2) is 7.78. The predicted molar refractivity (Wildman–Crippen MR) is 77.1 cm³/mol. The molecule has 0 fully saturated rings. The Hall–Kier alpha value is -1.56. The van der Waals surface area contributed by atoms with Crippen molar-refractivity contribution >= 4 is 11.6 Å². The molecule has 6 heteroatoms. The average Bonchev–Trinajstić information content (AvgIpc) is 2.80. The number of aromatic amines is 1. The van der Waals surface area contributed by atoms with Gasteiger partial charge in [0.15, 0.2) is 5.69 Å². The molecule has 108 valence electrons. The first-order valence-electron chi connectivity index (χ1n) is 6.97. The first-order chi connectivity index (χ1) is 9.13. The molecule has 0 spiro atoms. The highest BCUT2D eigenvalue weighted by Crippen LogP contribution is 2.13. The molecule has 6 nitrogen and oxygen atoms in total. The number of rotatable bonds is 8. The van der Waals surface area contributed by atoms with Crippen LogP contribution in [0.15, 0.2) is 0 Å². The Balaban J connectivity index is 2.37. The van der Waals surface area contributed by atoms with Crippen LogP contribution in [0.25, 0.3) is 0 Å². The molecule has 19 heavy (non-hydrogen) atoms. The highest BCUT2D eigenvalue weighted by atomic mass is 16.1. The predicted octanol–water partition coefficient (Wildman–Crippen LogP) is 1.02. The van der Waals surface area contributed by atoms with Crippen LogP contribution in [0.5, 0.6) is 0 Å². The Morgan fingerprint density at radius 1 is 1.37 bits per heavy atom. The maximum atomic E-state index is 11.9. The minimum atomic E-state index is -0.201. The Morgan fingerprint density at radius 2 is 2.05 bits per heavy atom. The van der Waals surface area contributed by atoms with Crippen molar-refractivity contribution in [1.29, 1.82) is 0 Å². The number of hydrogen-bond acceptors (Lipinski definition) is 4. The van der Waals surface area contributed by atoms with Gasteiger partial charge >= 0.3 is 0 Å². The Kier molecular flexibility index (Phi) is 6.35. The summed E-state index contributed by atoms with van der Waals surface area (Å²) in [5.41, 5.74) is 7.43. The van der Waals surface area contributed by atoms with Crippen molar-refractivity contribution in [1.82, 2.24) is 20.4 Å². The molecule has 0 radical (unpaired) electrons. The molecule has 0 atom stereocenters. The minimum Gasteiger partial charge on any atom is -0.395 e. The van der Waals surface area contributed by atoms with Gasteiger partial charge in [-0.05, 0) is 32.5 Å². The van der Waals surface area contributed by atoms with E-state index in [0.717, 1.165) is 38.2 Å². The van der Waals surface area contributed by atoms with E-state index >= 15 is 0 Å². The summed E-state index contributed by atoms with van der Waals surface area (Å²) in [6.07, 6.45) is 1.67. The van der Waals surface area contributed by atoms with Crippen molar-refractivity contribution in [2.75, 3.05) is 31.9 Å². The molecule has 0 aliphatic carbocycles. The zero-order chi connectivity index (χ0) is 14.3. The summed E-state index contributed by atoms with van der Waals surface area (Å²) in [7, 11) is 0. The van der Waals surface area contributed by atoms with Crippen LogP contribution in [0.4, 0.5) is 5.69 Å². The molecule has 1 heterocycles. The monoisotopic (exact) mass is 267 g/mol. The van der Waals surface area contributed by atoms with Gasteiger partial charge in [0.2, 0.25) is 0 Å². The van der Waals surface area contributed by atoms with Crippen LogP contribution >= 0.6 is 0 Å². The molecule has 0 aliphatic rings. The van der Waals surface area contributed by atoms with Crippen LogP contribution in [-0.2, 0) is 6.42 Å². The van der Waals surface area contributed by atoms with Crippen LogP contribution in [0, 0.1) is 0 Å². The summed E-state index contributed by atoms with van der Waals surface area (Å²) >= 11 is 0. The number of nitrogen functional groups attached to an aromatic ring is 1. The topological polar surface area (TPSA) is 87.0 Å². The van der Waals surface area contributed by atoms with Gasteiger partial charge in [-0.15, -0.1) is 0 Å². The molecule has 1 amide bonds. The molecule has 0 aromatic carbocycles. The van der Waals surface area contributed by atoms with E-state index in [1.165, 1.54) is 0 Å². The van der Waals surface area contributed by atoms with E-state index in [0.29, 0.717) is 17.9 Å². The lowest BCUT2D eigenvalue weighted by atomic mass is 10.2. The van der Waals surface area contributed by atoms with E-state index in [9.17, 15) is 4.79 Å². The van der Waals surface area contributed by atoms with Crippen LogP contribution in [-0.4, -0.2) is 47.2 Å². The van der Waals surface area contributed by atoms with Gasteiger partial charge in [-0.2, -0.15) is 5.10 Å². The molecule has 0 saturated heterocycles. The van der Waals surface area contributed by atoms with Gasteiger partial charge in [-0.3, -0.25) is 9.89 Å². The minimum absolute atomic E-state index is 0.201. The lowest BCUT2D eigenvalue weighted by molar-refractivity contribution is 0.0947. The number of nitrogens with one attached hydrogen (secondary N) is 2. The van der Waals surface area contributed by atoms with Crippen molar-refractivity contribution in [3.63, 3.8) is 0 Å². The number of carbonyl (C=O) groups is 1. The lowest BCUT2D eigenvalue weighted by Crippen LogP contribution is -2.30. The number of H-pyrrole nitrogens is 1. The third-order valence-electron chi connectivity index (χ3n) is 3.28. The quantitative estimate of drug-likeness (QED) is 0.614. The molecule has 0 aliphatic heterocycles. The van der Waals surface area contributed by atoms with Gasteiger partial charge in [-0.25, -0.2) is 0 Å². The van der Waals surface area contributed by atoms with Gasteiger partial charge in [0.1, 0.15) is 0 Å². The third-order valence-corrected chi connectivity index (χ3v) is 3.28. The van der Waals surface area contributed by atoms with Gasteiger partial charge in [0, 0.05) is 6.54 Å². The largest absolute Gasteiger partial charge is 0.395 e. The van der Waals surface area contributed by atoms with Crippen molar-refractivity contribution in [3.05, 3.63) is 11.4 Å². The standard InChI is InChI=1S/C13H25N5O/c1-4-10-11(14)12(17-16-10)13(19)15-8-7-9-18(5-2)6-3/h4-9,14H2,1-3H3,(H,15,19)(H,16,17). The first kappa shape index (κ1) is 15.5. The van der Waals surface area contributed by atoms with Crippen molar-refractivity contribution < 1.29 is 4.79 Å². The summed E-state index contributed by atoms with van der Waals surface area (Å²) in [6.45, 7) is 9.95. The van der Waals surface area contributed by atoms with E-state index in [1.807, 2.05) is 6.92 Å². The highest BCUT2D eigenvalue weighted by molar-refractivity contribution is 5.97. The zero-order valence-corrected chi connectivity index (χ0v) is 12.1. The normalized spacial score (nSPS) is 10.9.